The number of carbonyl (C=O) groups is 1. The monoisotopic (exact) mass is 489 g/mol. The van der Waals surface area contributed by atoms with Crippen molar-refractivity contribution in [3.8, 4) is 17.0 Å². The molecule has 0 spiro atoms. The lowest BCUT2D eigenvalue weighted by molar-refractivity contribution is -0.136. The Labute approximate surface area is 190 Å². The highest BCUT2D eigenvalue weighted by Crippen LogP contribution is 2.53. The first kappa shape index (κ1) is 23.9. The number of rotatable bonds is 6. The number of hydrogen-bond donors (Lipinski definition) is 3. The number of carbonyl (C=O) groups excluding carboxylic acids is 1. The Bertz CT molecular complexity index is 1070. The number of nitrogens with one attached hydrogen (secondary N) is 1. The van der Waals surface area contributed by atoms with Gasteiger partial charge in [0.2, 0.25) is 5.91 Å². The van der Waals surface area contributed by atoms with Crippen LogP contribution in [-0.2, 0) is 22.6 Å². The van der Waals surface area contributed by atoms with Gasteiger partial charge in [-0.2, -0.15) is 24.5 Å². The average Bonchev–Trinajstić information content (AvgIpc) is 3.06. The Balaban J connectivity index is 1.61. The van der Waals surface area contributed by atoms with E-state index in [0.29, 0.717) is 11.3 Å². The van der Waals surface area contributed by atoms with E-state index in [-0.39, 0.29) is 53.5 Å². The first-order chi connectivity index (χ1) is 15.4. The fourth-order valence-corrected chi connectivity index (χ4v) is 6.49. The summed E-state index contributed by atoms with van der Waals surface area (Å²) < 4.78 is 71.1. The molecule has 1 unspecified atom stereocenters. The number of ether oxygens (including phenoxy) is 2. The number of aromatic nitrogens is 2. The molecule has 0 bridgehead atoms. The van der Waals surface area contributed by atoms with Gasteiger partial charge in [0.15, 0.2) is 0 Å². The summed E-state index contributed by atoms with van der Waals surface area (Å²) in [5, 5.41) is 7.35. The first-order valence-corrected chi connectivity index (χ1v) is 12.3. The number of nitrogens with zero attached hydrogens (tertiary/aromatic N) is 2. The van der Waals surface area contributed by atoms with Crippen LogP contribution in [0.3, 0.4) is 0 Å². The number of hydrogen-bond acceptors (Lipinski definition) is 6. The fourth-order valence-electron chi connectivity index (χ4n) is 4.39. The zero-order valence-electron chi connectivity index (χ0n) is 18.3. The molecule has 1 aromatic carbocycles. The summed E-state index contributed by atoms with van der Waals surface area (Å²) in [6.45, 7) is 2.43. The van der Waals surface area contributed by atoms with Crippen LogP contribution < -0.4 is 10.1 Å². The van der Waals surface area contributed by atoms with Crippen LogP contribution in [0, 0.1) is 5.82 Å². The molecule has 1 amide bonds. The van der Waals surface area contributed by atoms with Gasteiger partial charge >= 0.3 is 6.61 Å². The number of alkyl halides is 2. The minimum atomic E-state index is -3.05. The molecular formula is C21H26F3N3O5S. The van der Waals surface area contributed by atoms with Crippen LogP contribution in [0.25, 0.3) is 11.3 Å². The van der Waals surface area contributed by atoms with E-state index in [0.717, 1.165) is 12.1 Å². The molecular weight excluding hydrogens is 463 g/mol. The lowest BCUT2D eigenvalue weighted by Crippen LogP contribution is -2.63. The van der Waals surface area contributed by atoms with E-state index >= 15 is 0 Å². The van der Waals surface area contributed by atoms with Crippen LogP contribution in [0.2, 0.25) is 0 Å². The molecule has 8 nitrogen and oxygen atoms in total. The van der Waals surface area contributed by atoms with E-state index in [2.05, 4.69) is 15.2 Å². The second-order valence-electron chi connectivity index (χ2n) is 8.98. The average molecular weight is 490 g/mol. The van der Waals surface area contributed by atoms with Crippen molar-refractivity contribution in [1.29, 1.82) is 0 Å². The predicted molar refractivity (Wildman–Crippen MR) is 116 cm³/mol. The molecule has 182 valence electrons. The molecule has 2 aromatic rings. The summed E-state index contributed by atoms with van der Waals surface area (Å²) in [6, 6.07) is 3.21. The summed E-state index contributed by atoms with van der Waals surface area (Å²) in [6.07, 6.45) is -0.662. The molecule has 1 fully saturated rings. The predicted octanol–water partition coefficient (Wildman–Crippen LogP) is 3.95. The molecule has 2 aliphatic heterocycles. The van der Waals surface area contributed by atoms with E-state index in [1.807, 2.05) is 13.8 Å². The number of fused-ring (bicyclic) bond motifs is 1. The highest BCUT2D eigenvalue weighted by atomic mass is 32.3. The molecule has 0 radical (unpaired) electrons. The Kier molecular flexibility index (Phi) is 6.14. The molecule has 1 saturated heterocycles. The van der Waals surface area contributed by atoms with Crippen molar-refractivity contribution in [2.45, 2.75) is 58.1 Å². The molecule has 0 saturated carbocycles. The van der Waals surface area contributed by atoms with E-state index in [4.69, 9.17) is 4.74 Å². The van der Waals surface area contributed by atoms with Gasteiger partial charge in [-0.05, 0) is 39.0 Å². The van der Waals surface area contributed by atoms with E-state index in [9.17, 15) is 27.1 Å². The second-order valence-corrected chi connectivity index (χ2v) is 11.2. The fraction of sp³-hybridized carbons (Fsp3) is 0.524. The topological polar surface area (TPSA) is 106 Å². The van der Waals surface area contributed by atoms with Crippen molar-refractivity contribution in [2.24, 2.45) is 0 Å². The zero-order valence-corrected chi connectivity index (χ0v) is 19.2. The van der Waals surface area contributed by atoms with Gasteiger partial charge < -0.3 is 14.8 Å². The lowest BCUT2D eigenvalue weighted by Gasteiger charge is -2.54. The quantitative estimate of drug-likeness (QED) is 0.568. The van der Waals surface area contributed by atoms with Crippen LogP contribution in [-0.4, -0.2) is 54.6 Å². The van der Waals surface area contributed by atoms with Crippen LogP contribution in [0.4, 0.5) is 13.2 Å². The van der Waals surface area contributed by atoms with Crippen molar-refractivity contribution < 1.29 is 36.5 Å². The van der Waals surface area contributed by atoms with E-state index in [1.54, 1.807) is 11.6 Å². The van der Waals surface area contributed by atoms with Crippen LogP contribution in [0.5, 0.6) is 5.75 Å². The van der Waals surface area contributed by atoms with Gasteiger partial charge in [-0.3, -0.25) is 18.6 Å². The van der Waals surface area contributed by atoms with Crippen molar-refractivity contribution >= 4 is 16.5 Å². The molecule has 0 aliphatic carbocycles. The minimum Gasteiger partial charge on any atom is -0.435 e. The third kappa shape index (κ3) is 4.84. The largest absolute Gasteiger partial charge is 0.435 e. The SMILES string of the molecule is CC(C)n1nc(-c2cc(OC(F)F)ccc2F)c2c1CC(C(=O)NC1(C)CS(O)(O)C1)OC2. The third-order valence-electron chi connectivity index (χ3n) is 5.65. The van der Waals surface area contributed by atoms with Gasteiger partial charge in [0.25, 0.3) is 0 Å². The Hall–Kier alpha value is -2.28. The van der Waals surface area contributed by atoms with E-state index < -0.39 is 34.7 Å². The maximum absolute atomic E-state index is 14.6. The maximum atomic E-state index is 14.6. The van der Waals surface area contributed by atoms with Crippen molar-refractivity contribution in [2.75, 3.05) is 11.5 Å². The summed E-state index contributed by atoms with van der Waals surface area (Å²) in [5.41, 5.74) is 0.799. The maximum Gasteiger partial charge on any atom is 0.387 e. The minimum absolute atomic E-state index is 0.00230. The summed E-state index contributed by atoms with van der Waals surface area (Å²) >= 11 is 0. The number of halogens is 3. The van der Waals surface area contributed by atoms with E-state index in [1.165, 1.54) is 6.07 Å². The summed E-state index contributed by atoms with van der Waals surface area (Å²) in [7, 11) is -2.64. The zero-order chi connectivity index (χ0) is 24.1. The standard InChI is InChI=1S/C21H26F3N3O5S/c1-11(2)27-16-7-17(19(28)25-21(3)9-33(29,30)10-21)31-8-14(16)18(26-27)13-6-12(32-20(23)24)4-5-15(13)22/h4-6,11,17,20,29-30H,7-10H2,1-3H3,(H,25,28). The molecule has 2 aliphatic rings. The van der Waals surface area contributed by atoms with Crippen LogP contribution in [0.15, 0.2) is 18.2 Å². The van der Waals surface area contributed by atoms with Crippen molar-refractivity contribution in [1.82, 2.24) is 15.1 Å². The van der Waals surface area contributed by atoms with Gasteiger partial charge in [-0.1, -0.05) is 0 Å². The second kappa shape index (κ2) is 8.49. The molecule has 1 atom stereocenters. The van der Waals surface area contributed by atoms with Gasteiger partial charge in [0, 0.05) is 29.3 Å². The number of amides is 1. The smallest absolute Gasteiger partial charge is 0.387 e. The molecule has 3 N–H and O–H groups in total. The van der Waals surface area contributed by atoms with Crippen molar-refractivity contribution in [3.05, 3.63) is 35.3 Å². The molecule has 4 rings (SSSR count). The van der Waals surface area contributed by atoms with Crippen LogP contribution >= 0.6 is 10.6 Å². The van der Waals surface area contributed by atoms with Gasteiger partial charge in [0.1, 0.15) is 23.4 Å². The van der Waals surface area contributed by atoms with Gasteiger partial charge in [-0.25, -0.2) is 4.39 Å². The van der Waals surface area contributed by atoms with Gasteiger partial charge in [0.05, 0.1) is 23.7 Å². The summed E-state index contributed by atoms with van der Waals surface area (Å²) in [4.78, 5) is 12.8. The highest BCUT2D eigenvalue weighted by Gasteiger charge is 2.47. The highest BCUT2D eigenvalue weighted by molar-refractivity contribution is 8.25. The number of benzene rings is 1. The Morgan fingerprint density at radius 2 is 2.06 bits per heavy atom. The summed E-state index contributed by atoms with van der Waals surface area (Å²) in [5.74, 6) is -1.04. The third-order valence-corrected chi connectivity index (χ3v) is 7.85. The molecule has 33 heavy (non-hydrogen) atoms. The first-order valence-electron chi connectivity index (χ1n) is 10.4. The normalized spacial score (nSPS) is 21.9. The molecule has 12 heteroatoms. The van der Waals surface area contributed by atoms with Crippen molar-refractivity contribution in [3.63, 3.8) is 0 Å². The van der Waals surface area contributed by atoms with Gasteiger partial charge in [-0.15, -0.1) is 0 Å². The Morgan fingerprint density at radius 3 is 2.67 bits per heavy atom. The lowest BCUT2D eigenvalue weighted by atomic mass is 9.99. The molecule has 3 heterocycles. The van der Waals surface area contributed by atoms with Crippen LogP contribution in [0.1, 0.15) is 38.1 Å². The Morgan fingerprint density at radius 1 is 1.36 bits per heavy atom. The molecule has 1 aromatic heterocycles.